The molecule has 0 bridgehead atoms. The topological polar surface area (TPSA) is 75.7 Å². The highest BCUT2D eigenvalue weighted by Gasteiger charge is 2.30. The van der Waals surface area contributed by atoms with Crippen LogP contribution in [-0.2, 0) is 14.8 Å². The van der Waals surface area contributed by atoms with Crippen LogP contribution in [0.3, 0.4) is 0 Å². The third kappa shape index (κ3) is 5.77. The lowest BCUT2D eigenvalue weighted by atomic mass is 10.2. The van der Waals surface area contributed by atoms with Crippen LogP contribution in [0.1, 0.15) is 12.5 Å². The van der Waals surface area contributed by atoms with Crippen LogP contribution in [0.25, 0.3) is 0 Å². The summed E-state index contributed by atoms with van der Waals surface area (Å²) in [7, 11) is -3.78. The van der Waals surface area contributed by atoms with Crippen LogP contribution in [-0.4, -0.2) is 39.8 Å². The molecule has 0 aromatic heterocycles. The number of halogens is 2. The molecule has 0 radical (unpaired) electrons. The Hall–Kier alpha value is -1.96. The number of hydrogen-bond acceptors (Lipinski definition) is 4. The molecule has 0 saturated carbocycles. The molecule has 2 aromatic rings. The molecule has 0 heterocycles. The van der Waals surface area contributed by atoms with Crippen LogP contribution in [0, 0.1) is 6.92 Å². The zero-order valence-electron chi connectivity index (χ0n) is 15.8. The summed E-state index contributed by atoms with van der Waals surface area (Å²) in [4.78, 5) is 12.5. The number of amides is 1. The number of para-hydroxylation sites is 1. The first kappa shape index (κ1) is 22.3. The van der Waals surface area contributed by atoms with E-state index in [4.69, 9.17) is 27.9 Å². The van der Waals surface area contributed by atoms with Crippen molar-refractivity contribution in [3.63, 3.8) is 0 Å². The highest BCUT2D eigenvalue weighted by molar-refractivity contribution is 7.92. The first-order valence-electron chi connectivity index (χ1n) is 8.52. The van der Waals surface area contributed by atoms with Crippen molar-refractivity contribution in [3.8, 4) is 5.75 Å². The van der Waals surface area contributed by atoms with Gasteiger partial charge in [-0.3, -0.25) is 9.10 Å². The van der Waals surface area contributed by atoms with Gasteiger partial charge in [-0.05, 0) is 43.7 Å². The second-order valence-corrected chi connectivity index (χ2v) is 8.94. The van der Waals surface area contributed by atoms with Crippen molar-refractivity contribution in [1.82, 2.24) is 5.32 Å². The number of rotatable bonds is 8. The van der Waals surface area contributed by atoms with Gasteiger partial charge in [-0.25, -0.2) is 8.42 Å². The Kier molecular flexibility index (Phi) is 7.57. The number of benzene rings is 2. The molecule has 6 nitrogen and oxygen atoms in total. The number of carbonyl (C=O) groups excluding carboxylic acids is 1. The highest BCUT2D eigenvalue weighted by atomic mass is 35.5. The molecule has 2 rings (SSSR count). The van der Waals surface area contributed by atoms with Crippen molar-refractivity contribution in [3.05, 3.63) is 58.1 Å². The fourth-order valence-corrected chi connectivity index (χ4v) is 4.24. The number of ether oxygens (including phenoxy) is 1. The molecule has 1 amide bonds. The van der Waals surface area contributed by atoms with E-state index in [0.29, 0.717) is 5.02 Å². The molecule has 0 aliphatic heterocycles. The van der Waals surface area contributed by atoms with Gasteiger partial charge in [0.1, 0.15) is 18.4 Å². The van der Waals surface area contributed by atoms with E-state index in [9.17, 15) is 13.2 Å². The Morgan fingerprint density at radius 1 is 1.21 bits per heavy atom. The van der Waals surface area contributed by atoms with Gasteiger partial charge in [-0.15, -0.1) is 0 Å². The van der Waals surface area contributed by atoms with Gasteiger partial charge in [0, 0.05) is 5.02 Å². The minimum Gasteiger partial charge on any atom is -0.491 e. The van der Waals surface area contributed by atoms with Crippen LogP contribution in [0.15, 0.2) is 42.5 Å². The standard InChI is InChI=1S/C19H22Cl2N2O4S/c1-13-6-4-5-7-18(13)27-11-10-22-19(24)14(2)23(28(3,25)26)17-12-15(20)8-9-16(17)21/h4-9,12,14H,10-11H2,1-3H3,(H,22,24)/t14-/m0/s1. The monoisotopic (exact) mass is 444 g/mol. The van der Waals surface area contributed by atoms with E-state index in [1.54, 1.807) is 6.07 Å². The maximum absolute atomic E-state index is 12.5. The van der Waals surface area contributed by atoms with Crippen LogP contribution in [0.5, 0.6) is 5.75 Å². The van der Waals surface area contributed by atoms with E-state index >= 15 is 0 Å². The number of nitrogens with one attached hydrogen (secondary N) is 1. The third-order valence-electron chi connectivity index (χ3n) is 3.99. The van der Waals surface area contributed by atoms with Crippen LogP contribution < -0.4 is 14.4 Å². The molecule has 0 aliphatic carbocycles. The Morgan fingerprint density at radius 2 is 1.89 bits per heavy atom. The van der Waals surface area contributed by atoms with Crippen molar-refractivity contribution < 1.29 is 17.9 Å². The Balaban J connectivity index is 2.06. The van der Waals surface area contributed by atoms with Crippen LogP contribution in [0.2, 0.25) is 10.0 Å². The number of anilines is 1. The molecule has 0 spiro atoms. The zero-order chi connectivity index (χ0) is 20.9. The predicted octanol–water partition coefficient (Wildman–Crippen LogP) is 3.65. The SMILES string of the molecule is Cc1ccccc1OCCNC(=O)[C@H](C)N(c1cc(Cl)ccc1Cl)S(C)(=O)=O. The van der Waals surface area contributed by atoms with Gasteiger partial charge in [0.15, 0.2) is 0 Å². The molecule has 0 fully saturated rings. The number of carbonyl (C=O) groups is 1. The molecular weight excluding hydrogens is 423 g/mol. The lowest BCUT2D eigenvalue weighted by molar-refractivity contribution is -0.121. The molecule has 0 aliphatic rings. The largest absolute Gasteiger partial charge is 0.491 e. The van der Waals surface area contributed by atoms with Crippen molar-refractivity contribution in [2.24, 2.45) is 0 Å². The second kappa shape index (κ2) is 9.49. The van der Waals surface area contributed by atoms with Gasteiger partial charge in [-0.1, -0.05) is 41.4 Å². The van der Waals surface area contributed by atoms with Crippen LogP contribution in [0.4, 0.5) is 5.69 Å². The normalized spacial score (nSPS) is 12.3. The highest BCUT2D eigenvalue weighted by Crippen LogP contribution is 2.32. The summed E-state index contributed by atoms with van der Waals surface area (Å²) in [5.74, 6) is 0.253. The maximum Gasteiger partial charge on any atom is 0.243 e. The molecule has 2 aromatic carbocycles. The minimum atomic E-state index is -3.78. The van der Waals surface area contributed by atoms with E-state index in [1.165, 1.54) is 19.1 Å². The lowest BCUT2D eigenvalue weighted by Crippen LogP contribution is -2.48. The van der Waals surface area contributed by atoms with Gasteiger partial charge in [0.25, 0.3) is 0 Å². The van der Waals surface area contributed by atoms with E-state index in [-0.39, 0.29) is 23.9 Å². The van der Waals surface area contributed by atoms with Gasteiger partial charge < -0.3 is 10.1 Å². The van der Waals surface area contributed by atoms with E-state index < -0.39 is 22.0 Å². The summed E-state index contributed by atoms with van der Waals surface area (Å²) >= 11 is 12.1. The minimum absolute atomic E-state index is 0.149. The third-order valence-corrected chi connectivity index (χ3v) is 5.77. The van der Waals surface area contributed by atoms with E-state index in [2.05, 4.69) is 5.32 Å². The zero-order valence-corrected chi connectivity index (χ0v) is 18.1. The van der Waals surface area contributed by atoms with Crippen molar-refractivity contribution in [2.45, 2.75) is 19.9 Å². The number of hydrogen-bond donors (Lipinski definition) is 1. The molecular formula is C19H22Cl2N2O4S. The Morgan fingerprint density at radius 3 is 2.54 bits per heavy atom. The fourth-order valence-electron chi connectivity index (χ4n) is 2.64. The predicted molar refractivity (Wildman–Crippen MR) is 113 cm³/mol. The maximum atomic E-state index is 12.5. The molecule has 9 heteroatoms. The molecule has 152 valence electrons. The first-order chi connectivity index (χ1) is 13.1. The van der Waals surface area contributed by atoms with E-state index in [0.717, 1.165) is 21.9 Å². The molecule has 0 saturated heterocycles. The average molecular weight is 445 g/mol. The smallest absolute Gasteiger partial charge is 0.243 e. The fraction of sp³-hybridized carbons (Fsp3) is 0.316. The second-order valence-electron chi connectivity index (χ2n) is 6.24. The number of sulfonamides is 1. The van der Waals surface area contributed by atoms with Crippen molar-refractivity contribution >= 4 is 44.8 Å². The van der Waals surface area contributed by atoms with Gasteiger partial charge >= 0.3 is 0 Å². The molecule has 1 N–H and O–H groups in total. The van der Waals surface area contributed by atoms with Gasteiger partial charge in [-0.2, -0.15) is 0 Å². The summed E-state index contributed by atoms with van der Waals surface area (Å²) in [6, 6.07) is 11.0. The Labute approximate surface area is 175 Å². The number of aryl methyl sites for hydroxylation is 1. The molecule has 28 heavy (non-hydrogen) atoms. The van der Waals surface area contributed by atoms with Crippen LogP contribution >= 0.6 is 23.2 Å². The molecule has 0 unspecified atom stereocenters. The summed E-state index contributed by atoms with van der Waals surface area (Å²) in [5.41, 5.74) is 1.14. The number of nitrogens with zero attached hydrogens (tertiary/aromatic N) is 1. The Bertz CT molecular complexity index is 951. The summed E-state index contributed by atoms with van der Waals surface area (Å²) in [5, 5.41) is 3.17. The summed E-state index contributed by atoms with van der Waals surface area (Å²) in [6.07, 6.45) is 1.01. The van der Waals surface area contributed by atoms with Gasteiger partial charge in [0.05, 0.1) is 23.5 Å². The summed E-state index contributed by atoms with van der Waals surface area (Å²) in [6.45, 7) is 3.88. The van der Waals surface area contributed by atoms with Gasteiger partial charge in [0.2, 0.25) is 15.9 Å². The first-order valence-corrected chi connectivity index (χ1v) is 11.1. The van der Waals surface area contributed by atoms with Crippen molar-refractivity contribution in [2.75, 3.05) is 23.7 Å². The molecule has 1 atom stereocenters. The van der Waals surface area contributed by atoms with Crippen molar-refractivity contribution in [1.29, 1.82) is 0 Å². The van der Waals surface area contributed by atoms with E-state index in [1.807, 2.05) is 31.2 Å². The summed E-state index contributed by atoms with van der Waals surface area (Å²) < 4.78 is 31.2. The lowest BCUT2D eigenvalue weighted by Gasteiger charge is -2.29. The average Bonchev–Trinajstić information content (AvgIpc) is 2.61. The quantitative estimate of drug-likeness (QED) is 0.630.